The van der Waals surface area contributed by atoms with E-state index in [0.29, 0.717) is 22.0 Å². The second-order valence-electron chi connectivity index (χ2n) is 7.95. The summed E-state index contributed by atoms with van der Waals surface area (Å²) in [6.45, 7) is 5.72. The number of nitrogens with one attached hydrogen (secondary N) is 1. The molecule has 33 heavy (non-hydrogen) atoms. The Kier molecular flexibility index (Phi) is 6.20. The first-order chi connectivity index (χ1) is 15.7. The summed E-state index contributed by atoms with van der Waals surface area (Å²) in [5, 5.41) is 3.61. The fraction of sp³-hybridized carbons (Fsp3) is 0.154. The van der Waals surface area contributed by atoms with Crippen LogP contribution in [0.4, 0.5) is 15.8 Å². The third-order valence-corrected chi connectivity index (χ3v) is 5.53. The average Bonchev–Trinajstić information content (AvgIpc) is 3.01. The lowest BCUT2D eigenvalue weighted by molar-refractivity contribution is -0.120. The molecular weight excluding hydrogens is 443 g/mol. The van der Waals surface area contributed by atoms with Crippen LogP contribution in [0, 0.1) is 12.7 Å². The van der Waals surface area contributed by atoms with Crippen LogP contribution in [0.1, 0.15) is 25.0 Å². The summed E-state index contributed by atoms with van der Waals surface area (Å²) in [5.41, 5.74) is 2.61. The third kappa shape index (κ3) is 4.61. The van der Waals surface area contributed by atoms with Crippen molar-refractivity contribution in [3.05, 3.63) is 94.4 Å². The van der Waals surface area contributed by atoms with Gasteiger partial charge >= 0.3 is 0 Å². The Morgan fingerprint density at radius 3 is 2.21 bits per heavy atom. The van der Waals surface area contributed by atoms with Gasteiger partial charge in [-0.05, 0) is 80.4 Å². The van der Waals surface area contributed by atoms with Crippen molar-refractivity contribution < 1.29 is 18.7 Å². The van der Waals surface area contributed by atoms with Crippen molar-refractivity contribution in [2.75, 3.05) is 10.2 Å². The number of rotatable bonds is 6. The van der Waals surface area contributed by atoms with Gasteiger partial charge in [-0.3, -0.25) is 9.59 Å². The third-order valence-electron chi connectivity index (χ3n) is 5.12. The minimum Gasteiger partial charge on any atom is -0.491 e. The molecule has 5 nitrogen and oxygen atoms in total. The monoisotopic (exact) mass is 464 g/mol. The quantitative estimate of drug-likeness (QED) is 0.456. The smallest absolute Gasteiger partial charge is 0.282 e. The number of amides is 2. The molecule has 1 heterocycles. The number of benzene rings is 3. The molecule has 1 aliphatic heterocycles. The van der Waals surface area contributed by atoms with Gasteiger partial charge in [-0.2, -0.15) is 0 Å². The van der Waals surface area contributed by atoms with Crippen LogP contribution in [-0.2, 0) is 9.59 Å². The Bertz CT molecular complexity index is 1250. The molecule has 2 amide bonds. The van der Waals surface area contributed by atoms with Crippen molar-refractivity contribution in [3.8, 4) is 5.75 Å². The Labute approximate surface area is 196 Å². The molecule has 1 N–H and O–H groups in total. The highest BCUT2D eigenvalue weighted by Crippen LogP contribution is 2.35. The standard InChI is InChI=1S/C26H22ClFN2O3/c1-15(2)33-21-12-5-17(6-13-21)23-24(29-19-9-4-16(3)22(27)14-19)26(32)30(25(23)31)20-10-7-18(28)8-11-20/h4-15,29H,1-3H3. The molecule has 0 atom stereocenters. The maximum absolute atomic E-state index is 13.4. The van der Waals surface area contributed by atoms with E-state index in [0.717, 1.165) is 10.5 Å². The number of carbonyl (C=O) groups excluding carboxylic acids is 2. The molecule has 0 spiro atoms. The molecule has 0 saturated heterocycles. The van der Waals surface area contributed by atoms with Crippen LogP contribution in [0.25, 0.3) is 5.57 Å². The van der Waals surface area contributed by atoms with E-state index in [4.69, 9.17) is 16.3 Å². The van der Waals surface area contributed by atoms with Crippen molar-refractivity contribution in [2.24, 2.45) is 0 Å². The topological polar surface area (TPSA) is 58.6 Å². The molecule has 3 aromatic carbocycles. The first-order valence-corrected chi connectivity index (χ1v) is 10.8. The largest absolute Gasteiger partial charge is 0.491 e. The molecule has 0 radical (unpaired) electrons. The predicted octanol–water partition coefficient (Wildman–Crippen LogP) is 5.97. The minimum absolute atomic E-state index is 0.00207. The molecule has 0 fully saturated rings. The van der Waals surface area contributed by atoms with E-state index < -0.39 is 17.6 Å². The fourth-order valence-corrected chi connectivity index (χ4v) is 3.71. The van der Waals surface area contributed by atoms with Gasteiger partial charge in [-0.15, -0.1) is 0 Å². The van der Waals surface area contributed by atoms with Crippen LogP contribution in [0.2, 0.25) is 5.02 Å². The Hall–Kier alpha value is -3.64. The normalized spacial score (nSPS) is 13.8. The molecule has 0 saturated carbocycles. The summed E-state index contributed by atoms with van der Waals surface area (Å²) in [5.74, 6) is -0.855. The number of anilines is 2. The summed E-state index contributed by atoms with van der Waals surface area (Å²) in [6, 6.07) is 17.5. The molecule has 7 heteroatoms. The number of imide groups is 1. The minimum atomic E-state index is -0.541. The van der Waals surface area contributed by atoms with Crippen molar-refractivity contribution in [3.63, 3.8) is 0 Å². The average molecular weight is 465 g/mol. The van der Waals surface area contributed by atoms with Crippen LogP contribution in [0.3, 0.4) is 0 Å². The van der Waals surface area contributed by atoms with Crippen LogP contribution in [-0.4, -0.2) is 17.9 Å². The van der Waals surface area contributed by atoms with Gasteiger partial charge < -0.3 is 10.1 Å². The predicted molar refractivity (Wildman–Crippen MR) is 128 cm³/mol. The zero-order chi connectivity index (χ0) is 23.7. The van der Waals surface area contributed by atoms with Gasteiger partial charge in [-0.1, -0.05) is 29.8 Å². The second-order valence-corrected chi connectivity index (χ2v) is 8.36. The molecule has 4 rings (SSSR count). The van der Waals surface area contributed by atoms with Gasteiger partial charge in [0.1, 0.15) is 17.3 Å². The maximum Gasteiger partial charge on any atom is 0.282 e. The number of halogens is 2. The van der Waals surface area contributed by atoms with Crippen molar-refractivity contribution in [1.82, 2.24) is 0 Å². The van der Waals surface area contributed by atoms with E-state index in [-0.39, 0.29) is 23.1 Å². The highest BCUT2D eigenvalue weighted by Gasteiger charge is 2.40. The molecule has 0 aromatic heterocycles. The Morgan fingerprint density at radius 2 is 1.61 bits per heavy atom. The van der Waals surface area contributed by atoms with Gasteiger partial charge in [0.2, 0.25) is 0 Å². The summed E-state index contributed by atoms with van der Waals surface area (Å²) in [6.07, 6.45) is 0.00207. The number of ether oxygens (including phenoxy) is 1. The highest BCUT2D eigenvalue weighted by molar-refractivity contribution is 6.46. The molecular formula is C26H22ClFN2O3. The lowest BCUT2D eigenvalue weighted by Crippen LogP contribution is -2.32. The fourth-order valence-electron chi connectivity index (χ4n) is 3.53. The van der Waals surface area contributed by atoms with Crippen molar-refractivity contribution in [1.29, 1.82) is 0 Å². The van der Waals surface area contributed by atoms with Crippen LogP contribution in [0.5, 0.6) is 5.75 Å². The molecule has 1 aliphatic rings. The van der Waals surface area contributed by atoms with Crippen LogP contribution >= 0.6 is 11.6 Å². The van der Waals surface area contributed by atoms with E-state index >= 15 is 0 Å². The van der Waals surface area contributed by atoms with E-state index in [9.17, 15) is 14.0 Å². The van der Waals surface area contributed by atoms with E-state index in [2.05, 4.69) is 5.32 Å². The SMILES string of the molecule is Cc1ccc(NC2=C(c3ccc(OC(C)C)cc3)C(=O)N(c3ccc(F)cc3)C2=O)cc1Cl. The van der Waals surface area contributed by atoms with Gasteiger partial charge in [0.05, 0.1) is 17.4 Å². The van der Waals surface area contributed by atoms with Gasteiger partial charge in [0, 0.05) is 10.7 Å². The van der Waals surface area contributed by atoms with Gasteiger partial charge in [0.15, 0.2) is 0 Å². The zero-order valence-electron chi connectivity index (χ0n) is 18.4. The summed E-state index contributed by atoms with van der Waals surface area (Å²) < 4.78 is 19.1. The van der Waals surface area contributed by atoms with Crippen LogP contribution in [0.15, 0.2) is 72.4 Å². The summed E-state index contributed by atoms with van der Waals surface area (Å²) >= 11 is 6.25. The lowest BCUT2D eigenvalue weighted by atomic mass is 10.0. The first kappa shape index (κ1) is 22.6. The number of nitrogens with zero attached hydrogens (tertiary/aromatic N) is 1. The zero-order valence-corrected chi connectivity index (χ0v) is 19.1. The highest BCUT2D eigenvalue weighted by atomic mass is 35.5. The van der Waals surface area contributed by atoms with E-state index in [1.54, 1.807) is 36.4 Å². The van der Waals surface area contributed by atoms with E-state index in [1.807, 2.05) is 26.8 Å². The molecule has 168 valence electrons. The summed E-state index contributed by atoms with van der Waals surface area (Å²) in [4.78, 5) is 27.9. The molecule has 0 unspecified atom stereocenters. The number of hydrogen-bond acceptors (Lipinski definition) is 4. The first-order valence-electron chi connectivity index (χ1n) is 10.4. The Balaban J connectivity index is 1.78. The van der Waals surface area contributed by atoms with Crippen LogP contribution < -0.4 is 15.0 Å². The second kappa shape index (κ2) is 9.08. The van der Waals surface area contributed by atoms with E-state index in [1.165, 1.54) is 24.3 Å². The Morgan fingerprint density at radius 1 is 0.939 bits per heavy atom. The summed E-state index contributed by atoms with van der Waals surface area (Å²) in [7, 11) is 0. The van der Waals surface area contributed by atoms with Crippen molar-refractivity contribution in [2.45, 2.75) is 26.9 Å². The van der Waals surface area contributed by atoms with Gasteiger partial charge in [0.25, 0.3) is 11.8 Å². The number of aryl methyl sites for hydroxylation is 1. The van der Waals surface area contributed by atoms with Crippen molar-refractivity contribution >= 4 is 40.4 Å². The number of carbonyl (C=O) groups is 2. The number of hydrogen-bond donors (Lipinski definition) is 1. The lowest BCUT2D eigenvalue weighted by Gasteiger charge is -2.15. The molecule has 3 aromatic rings. The molecule has 0 bridgehead atoms. The van der Waals surface area contributed by atoms with Gasteiger partial charge in [-0.25, -0.2) is 9.29 Å². The maximum atomic E-state index is 13.4. The molecule has 0 aliphatic carbocycles.